The molecule has 3 rings (SSSR count). The maximum absolute atomic E-state index is 12.1. The van der Waals surface area contributed by atoms with Gasteiger partial charge in [0.25, 0.3) is 0 Å². The molecular formula is C18H24N4O3. The number of carbonyl (C=O) groups excluding carboxylic acids is 1. The Labute approximate surface area is 147 Å². The maximum Gasteiger partial charge on any atom is 0.234 e. The lowest BCUT2D eigenvalue weighted by Gasteiger charge is -2.26. The lowest BCUT2D eigenvalue weighted by Crippen LogP contribution is -2.45. The molecule has 134 valence electrons. The summed E-state index contributed by atoms with van der Waals surface area (Å²) in [5.41, 5.74) is 0. The first kappa shape index (κ1) is 17.3. The zero-order valence-corrected chi connectivity index (χ0v) is 14.5. The fourth-order valence-electron chi connectivity index (χ4n) is 2.63. The van der Waals surface area contributed by atoms with Crippen LogP contribution in [-0.2, 0) is 4.79 Å². The van der Waals surface area contributed by atoms with E-state index in [0.717, 1.165) is 5.75 Å². The lowest BCUT2D eigenvalue weighted by molar-refractivity contribution is -0.120. The highest BCUT2D eigenvalue weighted by Gasteiger charge is 2.21. The Balaban J connectivity index is 1.39. The normalized spacial score (nSPS) is 18.4. The van der Waals surface area contributed by atoms with E-state index < -0.39 is 0 Å². The molecule has 0 bridgehead atoms. The van der Waals surface area contributed by atoms with Crippen LogP contribution in [0, 0.1) is 0 Å². The van der Waals surface area contributed by atoms with Crippen LogP contribution in [0.5, 0.6) is 11.5 Å². The Morgan fingerprint density at radius 3 is 2.88 bits per heavy atom. The molecule has 0 fully saturated rings. The highest BCUT2D eigenvalue weighted by Crippen LogP contribution is 2.30. The van der Waals surface area contributed by atoms with Crippen molar-refractivity contribution in [3.8, 4) is 11.5 Å². The van der Waals surface area contributed by atoms with E-state index >= 15 is 0 Å². The summed E-state index contributed by atoms with van der Waals surface area (Å²) < 4.78 is 13.3. The number of carbonyl (C=O) groups is 1. The van der Waals surface area contributed by atoms with Crippen molar-refractivity contribution in [3.63, 3.8) is 0 Å². The van der Waals surface area contributed by atoms with Gasteiger partial charge in [-0.2, -0.15) is 5.10 Å². The number of hydrogen-bond donors (Lipinski definition) is 2. The van der Waals surface area contributed by atoms with Crippen molar-refractivity contribution >= 4 is 5.91 Å². The van der Waals surface area contributed by atoms with E-state index in [4.69, 9.17) is 9.47 Å². The Morgan fingerprint density at radius 1 is 1.32 bits per heavy atom. The molecule has 7 nitrogen and oxygen atoms in total. The number of amides is 1. The molecule has 0 unspecified atom stereocenters. The SMILES string of the molecule is C[C@H](NCC(=O)NC[C@H]1COc2ccccc2O1)[C@@H](C)n1cccn1. The van der Waals surface area contributed by atoms with Gasteiger partial charge in [-0.15, -0.1) is 0 Å². The summed E-state index contributed by atoms with van der Waals surface area (Å²) in [6.45, 7) is 5.19. The third-order valence-corrected chi connectivity index (χ3v) is 4.34. The number of aromatic nitrogens is 2. The fraction of sp³-hybridized carbons (Fsp3) is 0.444. The molecule has 0 saturated carbocycles. The summed E-state index contributed by atoms with van der Waals surface area (Å²) in [6, 6.07) is 9.71. The van der Waals surface area contributed by atoms with Crippen LogP contribution in [-0.4, -0.2) is 47.5 Å². The van der Waals surface area contributed by atoms with E-state index in [2.05, 4.69) is 22.7 Å². The van der Waals surface area contributed by atoms with E-state index in [9.17, 15) is 4.79 Å². The number of benzene rings is 1. The highest BCUT2D eigenvalue weighted by atomic mass is 16.6. The van der Waals surface area contributed by atoms with Gasteiger partial charge in [0, 0.05) is 18.4 Å². The van der Waals surface area contributed by atoms with Crippen LogP contribution in [0.15, 0.2) is 42.7 Å². The smallest absolute Gasteiger partial charge is 0.234 e. The zero-order valence-electron chi connectivity index (χ0n) is 14.5. The average Bonchev–Trinajstić information content (AvgIpc) is 3.18. The van der Waals surface area contributed by atoms with Crippen LogP contribution in [0.1, 0.15) is 19.9 Å². The second-order valence-corrected chi connectivity index (χ2v) is 6.20. The van der Waals surface area contributed by atoms with Crippen LogP contribution in [0.25, 0.3) is 0 Å². The second-order valence-electron chi connectivity index (χ2n) is 6.20. The average molecular weight is 344 g/mol. The molecule has 25 heavy (non-hydrogen) atoms. The summed E-state index contributed by atoms with van der Waals surface area (Å²) in [6.07, 6.45) is 3.49. The topological polar surface area (TPSA) is 77.4 Å². The minimum atomic E-state index is -0.181. The van der Waals surface area contributed by atoms with Crippen molar-refractivity contribution in [1.82, 2.24) is 20.4 Å². The number of nitrogens with one attached hydrogen (secondary N) is 2. The number of para-hydroxylation sites is 2. The van der Waals surface area contributed by atoms with Crippen molar-refractivity contribution in [1.29, 1.82) is 0 Å². The van der Waals surface area contributed by atoms with Crippen LogP contribution < -0.4 is 20.1 Å². The second kappa shape index (κ2) is 8.02. The van der Waals surface area contributed by atoms with E-state index in [1.54, 1.807) is 6.20 Å². The molecule has 1 aromatic carbocycles. The van der Waals surface area contributed by atoms with Crippen LogP contribution in [0.4, 0.5) is 0 Å². The molecule has 2 N–H and O–H groups in total. The van der Waals surface area contributed by atoms with Gasteiger partial charge < -0.3 is 20.1 Å². The quantitative estimate of drug-likeness (QED) is 0.793. The number of nitrogens with zero attached hydrogens (tertiary/aromatic N) is 2. The van der Waals surface area contributed by atoms with Gasteiger partial charge in [0.2, 0.25) is 5.91 Å². The van der Waals surface area contributed by atoms with Crippen molar-refractivity contribution < 1.29 is 14.3 Å². The summed E-state index contributed by atoms with van der Waals surface area (Å²) in [5, 5.41) is 10.3. The molecule has 0 aliphatic carbocycles. The Hall–Kier alpha value is -2.54. The molecule has 2 aromatic rings. The van der Waals surface area contributed by atoms with Crippen molar-refractivity contribution in [2.24, 2.45) is 0 Å². The minimum Gasteiger partial charge on any atom is -0.486 e. The van der Waals surface area contributed by atoms with E-state index in [-0.39, 0.29) is 30.6 Å². The first-order chi connectivity index (χ1) is 12.1. The first-order valence-corrected chi connectivity index (χ1v) is 8.51. The summed E-state index contributed by atoms with van der Waals surface area (Å²) in [7, 11) is 0. The van der Waals surface area contributed by atoms with Crippen LogP contribution in [0.2, 0.25) is 0 Å². The summed E-state index contributed by atoms with van der Waals surface area (Å²) in [4.78, 5) is 12.1. The standard InChI is InChI=1S/C18H24N4O3/c1-13(14(2)22-9-5-8-21-22)19-11-18(23)20-10-15-12-24-16-6-3-4-7-17(16)25-15/h3-9,13-15,19H,10-12H2,1-2H3,(H,20,23)/t13-,14+,15-/m0/s1. The Morgan fingerprint density at radius 2 is 2.12 bits per heavy atom. The molecule has 1 aliphatic heterocycles. The number of hydrogen-bond acceptors (Lipinski definition) is 5. The van der Waals surface area contributed by atoms with Gasteiger partial charge in [-0.1, -0.05) is 12.1 Å². The fourth-order valence-corrected chi connectivity index (χ4v) is 2.63. The number of fused-ring (bicyclic) bond motifs is 1. The summed E-state index contributed by atoms with van der Waals surface area (Å²) in [5.74, 6) is 1.39. The molecule has 0 radical (unpaired) electrons. The Kier molecular flexibility index (Phi) is 5.55. The van der Waals surface area contributed by atoms with Gasteiger partial charge >= 0.3 is 0 Å². The molecule has 0 saturated heterocycles. The molecule has 7 heteroatoms. The number of rotatable bonds is 7. The largest absolute Gasteiger partial charge is 0.486 e. The predicted molar refractivity (Wildman–Crippen MR) is 93.8 cm³/mol. The number of ether oxygens (including phenoxy) is 2. The molecule has 1 amide bonds. The van der Waals surface area contributed by atoms with E-state index in [1.807, 2.05) is 48.1 Å². The predicted octanol–water partition coefficient (Wildman–Crippen LogP) is 1.38. The van der Waals surface area contributed by atoms with Gasteiger partial charge in [-0.25, -0.2) is 0 Å². The molecule has 0 spiro atoms. The zero-order chi connectivity index (χ0) is 17.6. The molecule has 1 aliphatic rings. The van der Waals surface area contributed by atoms with Crippen molar-refractivity contribution in [2.75, 3.05) is 19.7 Å². The van der Waals surface area contributed by atoms with Crippen molar-refractivity contribution in [3.05, 3.63) is 42.7 Å². The first-order valence-electron chi connectivity index (χ1n) is 8.51. The van der Waals surface area contributed by atoms with Gasteiger partial charge in [0.05, 0.1) is 19.1 Å². The summed E-state index contributed by atoms with van der Waals surface area (Å²) >= 11 is 0. The highest BCUT2D eigenvalue weighted by molar-refractivity contribution is 5.78. The van der Waals surface area contributed by atoms with Gasteiger partial charge in [0.15, 0.2) is 11.5 Å². The third-order valence-electron chi connectivity index (χ3n) is 4.34. The minimum absolute atomic E-state index is 0.0676. The monoisotopic (exact) mass is 344 g/mol. The lowest BCUT2D eigenvalue weighted by atomic mass is 10.2. The van der Waals surface area contributed by atoms with Crippen LogP contribution >= 0.6 is 0 Å². The van der Waals surface area contributed by atoms with Gasteiger partial charge in [0.1, 0.15) is 12.7 Å². The Bertz CT molecular complexity index is 689. The maximum atomic E-state index is 12.1. The van der Waals surface area contributed by atoms with E-state index in [1.165, 1.54) is 0 Å². The van der Waals surface area contributed by atoms with Crippen molar-refractivity contribution in [2.45, 2.75) is 32.0 Å². The molecule has 3 atom stereocenters. The molecule has 1 aromatic heterocycles. The van der Waals surface area contributed by atoms with Gasteiger partial charge in [-0.3, -0.25) is 9.48 Å². The van der Waals surface area contributed by atoms with E-state index in [0.29, 0.717) is 18.9 Å². The molecular weight excluding hydrogens is 320 g/mol. The molecule has 2 heterocycles. The third kappa shape index (κ3) is 4.51. The van der Waals surface area contributed by atoms with Crippen LogP contribution in [0.3, 0.4) is 0 Å². The van der Waals surface area contributed by atoms with Gasteiger partial charge in [-0.05, 0) is 32.0 Å².